The lowest BCUT2D eigenvalue weighted by Gasteiger charge is -2.13. The van der Waals surface area contributed by atoms with Gasteiger partial charge in [-0.15, -0.1) is 0 Å². The first-order valence-corrected chi connectivity index (χ1v) is 4.90. The van der Waals surface area contributed by atoms with E-state index >= 15 is 0 Å². The molecule has 1 aromatic rings. The Morgan fingerprint density at radius 2 is 2.27 bits per heavy atom. The van der Waals surface area contributed by atoms with Crippen LogP contribution < -0.4 is 10.2 Å². The molecule has 1 N–H and O–H groups in total. The van der Waals surface area contributed by atoms with Crippen LogP contribution in [0.15, 0.2) is 12.3 Å². The molecule has 0 saturated heterocycles. The highest BCUT2D eigenvalue weighted by atomic mass is 16.5. The Bertz CT molecular complexity index is 303. The van der Waals surface area contributed by atoms with Crippen molar-refractivity contribution in [1.29, 1.82) is 0 Å². The van der Waals surface area contributed by atoms with Gasteiger partial charge in [0.25, 0.3) is 0 Å². The molecule has 0 bridgehead atoms. The summed E-state index contributed by atoms with van der Waals surface area (Å²) in [5.41, 5.74) is 0. The predicted molar refractivity (Wildman–Crippen MR) is 61.3 cm³/mol. The van der Waals surface area contributed by atoms with Gasteiger partial charge in [-0.3, -0.25) is 0 Å². The number of nitrogens with one attached hydrogen (secondary N) is 1. The molecule has 1 heterocycles. The maximum absolute atomic E-state index is 5.13. The Morgan fingerprint density at radius 3 is 2.87 bits per heavy atom. The molecule has 15 heavy (non-hydrogen) atoms. The second-order valence-corrected chi connectivity index (χ2v) is 3.56. The molecule has 0 fully saturated rings. The molecule has 5 heteroatoms. The molecule has 0 saturated carbocycles. The van der Waals surface area contributed by atoms with Gasteiger partial charge in [-0.1, -0.05) is 0 Å². The van der Waals surface area contributed by atoms with Gasteiger partial charge in [-0.05, 0) is 13.0 Å². The summed E-state index contributed by atoms with van der Waals surface area (Å²) in [5.74, 6) is 1.52. The van der Waals surface area contributed by atoms with Crippen molar-refractivity contribution in [2.45, 2.75) is 13.0 Å². The van der Waals surface area contributed by atoms with Gasteiger partial charge in [-0.25, -0.2) is 4.98 Å². The van der Waals surface area contributed by atoms with Crippen LogP contribution in [0.5, 0.6) is 0 Å². The summed E-state index contributed by atoms with van der Waals surface area (Å²) in [7, 11) is 5.52. The van der Waals surface area contributed by atoms with Crippen molar-refractivity contribution in [1.82, 2.24) is 9.97 Å². The minimum absolute atomic E-state index is 0.169. The average Bonchev–Trinajstić information content (AvgIpc) is 2.26. The summed E-state index contributed by atoms with van der Waals surface area (Å²) in [4.78, 5) is 10.3. The zero-order chi connectivity index (χ0) is 11.3. The Labute approximate surface area is 90.5 Å². The first kappa shape index (κ1) is 11.7. The highest BCUT2D eigenvalue weighted by Crippen LogP contribution is 2.07. The summed E-state index contributed by atoms with van der Waals surface area (Å²) in [5, 5.41) is 3.19. The molecule has 0 spiro atoms. The lowest BCUT2D eigenvalue weighted by Crippen LogP contribution is -2.19. The number of methoxy groups -OCH3 is 1. The molecule has 1 unspecified atom stereocenters. The van der Waals surface area contributed by atoms with Gasteiger partial charge in [0.15, 0.2) is 0 Å². The van der Waals surface area contributed by atoms with E-state index in [9.17, 15) is 0 Å². The maximum atomic E-state index is 5.13. The molecule has 1 aromatic heterocycles. The van der Waals surface area contributed by atoms with Crippen LogP contribution in [0.4, 0.5) is 11.8 Å². The number of anilines is 2. The van der Waals surface area contributed by atoms with E-state index in [-0.39, 0.29) is 6.10 Å². The third-order valence-electron chi connectivity index (χ3n) is 2.02. The Balaban J connectivity index is 2.58. The second kappa shape index (κ2) is 5.50. The van der Waals surface area contributed by atoms with E-state index in [4.69, 9.17) is 4.74 Å². The quantitative estimate of drug-likeness (QED) is 0.785. The number of aromatic nitrogens is 2. The van der Waals surface area contributed by atoms with Crippen molar-refractivity contribution in [3.8, 4) is 0 Å². The van der Waals surface area contributed by atoms with E-state index in [1.54, 1.807) is 13.3 Å². The molecule has 1 rings (SSSR count). The molecule has 0 aliphatic rings. The summed E-state index contributed by atoms with van der Waals surface area (Å²) < 4.78 is 5.13. The third kappa shape index (κ3) is 3.71. The van der Waals surface area contributed by atoms with Crippen LogP contribution in [0.3, 0.4) is 0 Å². The predicted octanol–water partition coefficient (Wildman–Crippen LogP) is 0.989. The zero-order valence-electron chi connectivity index (χ0n) is 9.69. The van der Waals surface area contributed by atoms with E-state index < -0.39 is 0 Å². The van der Waals surface area contributed by atoms with Crippen molar-refractivity contribution in [2.24, 2.45) is 0 Å². The largest absolute Gasteiger partial charge is 0.380 e. The first-order valence-electron chi connectivity index (χ1n) is 4.90. The Morgan fingerprint density at radius 1 is 1.53 bits per heavy atom. The fourth-order valence-corrected chi connectivity index (χ4v) is 0.994. The highest BCUT2D eigenvalue weighted by molar-refractivity contribution is 5.40. The monoisotopic (exact) mass is 210 g/mol. The van der Waals surface area contributed by atoms with E-state index in [0.29, 0.717) is 5.95 Å². The normalized spacial score (nSPS) is 12.3. The lowest BCUT2D eigenvalue weighted by atomic mass is 10.4. The molecule has 0 aliphatic heterocycles. The van der Waals surface area contributed by atoms with Crippen molar-refractivity contribution in [3.63, 3.8) is 0 Å². The van der Waals surface area contributed by atoms with E-state index in [0.717, 1.165) is 12.4 Å². The molecule has 84 valence electrons. The van der Waals surface area contributed by atoms with Gasteiger partial charge in [0.05, 0.1) is 6.10 Å². The fourth-order valence-electron chi connectivity index (χ4n) is 0.994. The Kier molecular flexibility index (Phi) is 4.30. The zero-order valence-corrected chi connectivity index (χ0v) is 9.69. The lowest BCUT2D eigenvalue weighted by molar-refractivity contribution is 0.128. The van der Waals surface area contributed by atoms with Crippen molar-refractivity contribution in [3.05, 3.63) is 12.3 Å². The Hall–Kier alpha value is -1.36. The van der Waals surface area contributed by atoms with E-state index in [2.05, 4.69) is 15.3 Å². The first-order chi connectivity index (χ1) is 7.13. The van der Waals surface area contributed by atoms with E-state index in [1.165, 1.54) is 0 Å². The number of rotatable bonds is 5. The van der Waals surface area contributed by atoms with Crippen LogP contribution >= 0.6 is 0 Å². The molecule has 0 amide bonds. The van der Waals surface area contributed by atoms with Gasteiger partial charge in [0.2, 0.25) is 5.95 Å². The van der Waals surface area contributed by atoms with Crippen LogP contribution in [0.25, 0.3) is 0 Å². The molecule has 5 nitrogen and oxygen atoms in total. The maximum Gasteiger partial charge on any atom is 0.226 e. The molecule has 0 radical (unpaired) electrons. The van der Waals surface area contributed by atoms with Gasteiger partial charge in [0, 0.05) is 33.9 Å². The smallest absolute Gasteiger partial charge is 0.226 e. The second-order valence-electron chi connectivity index (χ2n) is 3.56. The average molecular weight is 210 g/mol. The van der Waals surface area contributed by atoms with Gasteiger partial charge in [-0.2, -0.15) is 4.98 Å². The van der Waals surface area contributed by atoms with Crippen molar-refractivity contribution >= 4 is 11.8 Å². The van der Waals surface area contributed by atoms with E-state index in [1.807, 2.05) is 32.0 Å². The molecule has 1 atom stereocenters. The number of ether oxygens (including phenoxy) is 1. The van der Waals surface area contributed by atoms with Crippen LogP contribution in [0, 0.1) is 0 Å². The number of nitrogens with zero attached hydrogens (tertiary/aromatic N) is 3. The van der Waals surface area contributed by atoms with Gasteiger partial charge >= 0.3 is 0 Å². The van der Waals surface area contributed by atoms with Crippen molar-refractivity contribution < 1.29 is 4.74 Å². The fraction of sp³-hybridized carbons (Fsp3) is 0.600. The molecular weight excluding hydrogens is 192 g/mol. The third-order valence-corrected chi connectivity index (χ3v) is 2.02. The van der Waals surface area contributed by atoms with Gasteiger partial charge in [0.1, 0.15) is 5.82 Å². The van der Waals surface area contributed by atoms with Crippen molar-refractivity contribution in [2.75, 3.05) is 38.0 Å². The van der Waals surface area contributed by atoms with Crippen LogP contribution in [0.2, 0.25) is 0 Å². The summed E-state index contributed by atoms with van der Waals surface area (Å²) in [6.07, 6.45) is 1.91. The minimum Gasteiger partial charge on any atom is -0.380 e. The van der Waals surface area contributed by atoms with Crippen LogP contribution in [-0.4, -0.2) is 43.8 Å². The van der Waals surface area contributed by atoms with Crippen LogP contribution in [0.1, 0.15) is 6.92 Å². The summed E-state index contributed by atoms with van der Waals surface area (Å²) in [6, 6.07) is 1.84. The topological polar surface area (TPSA) is 50.3 Å². The minimum atomic E-state index is 0.169. The number of hydrogen-bond acceptors (Lipinski definition) is 5. The SMILES string of the molecule is COC(C)CNc1ccnc(N(C)C)n1. The summed E-state index contributed by atoms with van der Waals surface area (Å²) in [6.45, 7) is 2.74. The standard InChI is InChI=1S/C10H18N4O/c1-8(15-4)7-12-9-5-6-11-10(13-9)14(2)3/h5-6,8H,7H2,1-4H3,(H,11,12,13). The molecule has 0 aromatic carbocycles. The number of hydrogen-bond donors (Lipinski definition) is 1. The molecular formula is C10H18N4O. The van der Waals surface area contributed by atoms with Crippen LogP contribution in [-0.2, 0) is 4.74 Å². The highest BCUT2D eigenvalue weighted by Gasteiger charge is 2.02. The van der Waals surface area contributed by atoms with Gasteiger partial charge < -0.3 is 15.0 Å². The molecule has 0 aliphatic carbocycles. The summed E-state index contributed by atoms with van der Waals surface area (Å²) >= 11 is 0.